The molecule has 0 bridgehead atoms. The summed E-state index contributed by atoms with van der Waals surface area (Å²) in [7, 11) is 0. The van der Waals surface area contributed by atoms with E-state index in [1.807, 2.05) is 0 Å². The van der Waals surface area contributed by atoms with Crippen LogP contribution in [0.4, 0.5) is 0 Å². The van der Waals surface area contributed by atoms with E-state index in [0.717, 1.165) is 38.2 Å². The summed E-state index contributed by atoms with van der Waals surface area (Å²) in [6.45, 7) is 7.64. The van der Waals surface area contributed by atoms with Crippen LogP contribution >= 0.6 is 0 Å². The fourth-order valence-corrected chi connectivity index (χ4v) is 2.80. The molecule has 0 aliphatic carbocycles. The van der Waals surface area contributed by atoms with Crippen LogP contribution in [0.25, 0.3) is 0 Å². The Bertz CT molecular complexity index is 410. The lowest BCUT2D eigenvalue weighted by Crippen LogP contribution is -2.41. The van der Waals surface area contributed by atoms with Gasteiger partial charge in [-0.05, 0) is 58.5 Å². The molecular weight excluding hydrogens is 266 g/mol. The van der Waals surface area contributed by atoms with Crippen LogP contribution in [0.15, 0.2) is 6.20 Å². The number of nitrogens with one attached hydrogen (secondary N) is 2. The van der Waals surface area contributed by atoms with Gasteiger partial charge in [0.05, 0.1) is 11.9 Å². The number of H-pyrrole nitrogens is 1. The van der Waals surface area contributed by atoms with Gasteiger partial charge >= 0.3 is 0 Å². The highest BCUT2D eigenvalue weighted by atomic mass is 16.1. The minimum absolute atomic E-state index is 0.161. The number of aromatic nitrogens is 3. The largest absolute Gasteiger partial charge is 0.356 e. The van der Waals surface area contributed by atoms with Crippen LogP contribution in [0.1, 0.15) is 45.2 Å². The molecule has 1 aliphatic rings. The maximum absolute atomic E-state index is 11.8. The maximum Gasteiger partial charge on any atom is 0.220 e. The van der Waals surface area contributed by atoms with Crippen molar-refractivity contribution in [3.8, 4) is 0 Å². The van der Waals surface area contributed by atoms with Crippen LogP contribution in [-0.2, 0) is 11.2 Å². The van der Waals surface area contributed by atoms with Crippen molar-refractivity contribution in [1.29, 1.82) is 0 Å². The van der Waals surface area contributed by atoms with E-state index >= 15 is 0 Å². The smallest absolute Gasteiger partial charge is 0.220 e. The zero-order valence-electron chi connectivity index (χ0n) is 13.1. The minimum Gasteiger partial charge on any atom is -0.356 e. The van der Waals surface area contributed by atoms with Crippen LogP contribution < -0.4 is 5.32 Å². The fourth-order valence-electron chi connectivity index (χ4n) is 2.80. The molecule has 2 heterocycles. The van der Waals surface area contributed by atoms with Gasteiger partial charge in [0.15, 0.2) is 0 Å². The molecular formula is C15H27N5O. The molecule has 0 aromatic carbocycles. The molecule has 21 heavy (non-hydrogen) atoms. The monoisotopic (exact) mass is 293 g/mol. The number of likely N-dealkylation sites (tertiary alicyclic amines) is 1. The summed E-state index contributed by atoms with van der Waals surface area (Å²) in [4.78, 5) is 14.3. The second kappa shape index (κ2) is 8.12. The third-order valence-electron chi connectivity index (χ3n) is 4.28. The molecule has 1 amide bonds. The number of nitrogens with zero attached hydrogens (tertiary/aromatic N) is 3. The summed E-state index contributed by atoms with van der Waals surface area (Å²) in [5.41, 5.74) is 0.990. The number of carbonyl (C=O) groups is 1. The fraction of sp³-hybridized carbons (Fsp3) is 0.800. The first kappa shape index (κ1) is 15.9. The zero-order valence-corrected chi connectivity index (χ0v) is 13.1. The van der Waals surface area contributed by atoms with Crippen LogP contribution in [0.3, 0.4) is 0 Å². The lowest BCUT2D eigenvalue weighted by atomic mass is 9.96. The molecule has 1 fully saturated rings. The van der Waals surface area contributed by atoms with Crippen LogP contribution in [0.2, 0.25) is 0 Å². The molecule has 0 saturated carbocycles. The molecule has 0 unspecified atom stereocenters. The van der Waals surface area contributed by atoms with Crippen molar-refractivity contribution < 1.29 is 4.79 Å². The van der Waals surface area contributed by atoms with Crippen molar-refractivity contribution in [2.45, 2.75) is 52.0 Å². The molecule has 0 spiro atoms. The average molecular weight is 293 g/mol. The Kier molecular flexibility index (Phi) is 6.17. The van der Waals surface area contributed by atoms with Gasteiger partial charge in [-0.1, -0.05) is 5.21 Å². The maximum atomic E-state index is 11.8. The van der Waals surface area contributed by atoms with Crippen molar-refractivity contribution in [3.05, 3.63) is 11.9 Å². The van der Waals surface area contributed by atoms with E-state index in [2.05, 4.69) is 39.5 Å². The van der Waals surface area contributed by atoms with E-state index in [1.165, 1.54) is 12.8 Å². The first-order valence-electron chi connectivity index (χ1n) is 8.01. The molecule has 1 saturated heterocycles. The van der Waals surface area contributed by atoms with E-state index in [0.29, 0.717) is 18.4 Å². The number of carbonyl (C=O) groups excluding carboxylic acids is 1. The van der Waals surface area contributed by atoms with Crippen molar-refractivity contribution in [2.24, 2.45) is 5.92 Å². The van der Waals surface area contributed by atoms with Gasteiger partial charge in [0.25, 0.3) is 0 Å². The van der Waals surface area contributed by atoms with Crippen molar-refractivity contribution in [1.82, 2.24) is 25.6 Å². The molecule has 118 valence electrons. The van der Waals surface area contributed by atoms with E-state index in [4.69, 9.17) is 0 Å². The van der Waals surface area contributed by atoms with Crippen LogP contribution in [0, 0.1) is 5.92 Å². The second-order valence-electron chi connectivity index (χ2n) is 6.21. The van der Waals surface area contributed by atoms with Gasteiger partial charge in [-0.25, -0.2) is 0 Å². The molecule has 1 aromatic heterocycles. The van der Waals surface area contributed by atoms with Gasteiger partial charge in [-0.3, -0.25) is 9.89 Å². The summed E-state index contributed by atoms with van der Waals surface area (Å²) >= 11 is 0. The quantitative estimate of drug-likeness (QED) is 0.796. The predicted molar refractivity (Wildman–Crippen MR) is 81.8 cm³/mol. The Morgan fingerprint density at radius 1 is 1.48 bits per heavy atom. The van der Waals surface area contributed by atoms with Crippen molar-refractivity contribution >= 4 is 5.91 Å². The number of aromatic amines is 1. The number of rotatable bonds is 7. The zero-order chi connectivity index (χ0) is 15.1. The first-order chi connectivity index (χ1) is 10.1. The van der Waals surface area contributed by atoms with Crippen LogP contribution in [-0.4, -0.2) is 51.9 Å². The SMILES string of the molecule is CC(C)N1CCC(CNC(=O)CCCc2cnn[nH]2)CC1. The molecule has 0 radical (unpaired) electrons. The Morgan fingerprint density at radius 2 is 2.24 bits per heavy atom. The molecule has 0 atom stereocenters. The predicted octanol–water partition coefficient (Wildman–Crippen LogP) is 1.36. The van der Waals surface area contributed by atoms with Gasteiger partial charge < -0.3 is 10.2 Å². The normalized spacial score (nSPS) is 17.3. The summed E-state index contributed by atoms with van der Waals surface area (Å²) in [5, 5.41) is 13.3. The number of aryl methyl sites for hydroxylation is 1. The standard InChI is InChI=1S/C15H27N5O/c1-12(2)20-8-6-13(7-9-20)10-16-15(21)5-3-4-14-11-17-19-18-14/h11-13H,3-10H2,1-2H3,(H,16,21)(H,17,18,19). The summed E-state index contributed by atoms with van der Waals surface area (Å²) < 4.78 is 0. The van der Waals surface area contributed by atoms with Gasteiger partial charge in [-0.2, -0.15) is 0 Å². The Morgan fingerprint density at radius 3 is 2.86 bits per heavy atom. The average Bonchev–Trinajstić information content (AvgIpc) is 2.99. The molecule has 6 nitrogen and oxygen atoms in total. The molecule has 2 rings (SSSR count). The Hall–Kier alpha value is -1.43. The second-order valence-corrected chi connectivity index (χ2v) is 6.21. The summed E-state index contributed by atoms with van der Waals surface area (Å²) in [6, 6.07) is 0.637. The van der Waals surface area contributed by atoms with Crippen molar-refractivity contribution in [2.75, 3.05) is 19.6 Å². The molecule has 1 aliphatic heterocycles. The number of hydrogen-bond donors (Lipinski definition) is 2. The summed E-state index contributed by atoms with van der Waals surface area (Å²) in [6.07, 6.45) is 6.33. The van der Waals surface area contributed by atoms with E-state index in [1.54, 1.807) is 6.20 Å². The van der Waals surface area contributed by atoms with Gasteiger partial charge in [-0.15, -0.1) is 5.10 Å². The number of hydrogen-bond acceptors (Lipinski definition) is 4. The van der Waals surface area contributed by atoms with Crippen molar-refractivity contribution in [3.63, 3.8) is 0 Å². The third kappa shape index (κ3) is 5.46. The lowest BCUT2D eigenvalue weighted by molar-refractivity contribution is -0.121. The lowest BCUT2D eigenvalue weighted by Gasteiger charge is -2.34. The Labute approximate surface area is 126 Å². The van der Waals surface area contributed by atoms with Crippen LogP contribution in [0.5, 0.6) is 0 Å². The highest BCUT2D eigenvalue weighted by Gasteiger charge is 2.20. The summed E-state index contributed by atoms with van der Waals surface area (Å²) in [5.74, 6) is 0.800. The van der Waals surface area contributed by atoms with Gasteiger partial charge in [0.1, 0.15) is 0 Å². The van der Waals surface area contributed by atoms with E-state index < -0.39 is 0 Å². The van der Waals surface area contributed by atoms with Gasteiger partial charge in [0, 0.05) is 19.0 Å². The first-order valence-corrected chi connectivity index (χ1v) is 8.01. The highest BCUT2D eigenvalue weighted by Crippen LogP contribution is 2.18. The number of amides is 1. The molecule has 6 heteroatoms. The number of piperidine rings is 1. The van der Waals surface area contributed by atoms with E-state index in [-0.39, 0.29) is 5.91 Å². The topological polar surface area (TPSA) is 73.9 Å². The highest BCUT2D eigenvalue weighted by molar-refractivity contribution is 5.75. The molecule has 2 N–H and O–H groups in total. The Balaban J connectivity index is 1.55. The van der Waals surface area contributed by atoms with Gasteiger partial charge in [0.2, 0.25) is 5.91 Å². The molecule has 1 aromatic rings. The third-order valence-corrected chi connectivity index (χ3v) is 4.28. The minimum atomic E-state index is 0.161. The van der Waals surface area contributed by atoms with E-state index in [9.17, 15) is 4.79 Å².